The van der Waals surface area contributed by atoms with Crippen LogP contribution >= 0.6 is 11.8 Å². The van der Waals surface area contributed by atoms with Crippen LogP contribution in [-0.2, 0) is 0 Å². The van der Waals surface area contributed by atoms with Crippen LogP contribution in [0, 0.1) is 13.8 Å². The van der Waals surface area contributed by atoms with Crippen molar-refractivity contribution in [1.29, 1.82) is 0 Å². The molecule has 0 amide bonds. The van der Waals surface area contributed by atoms with Gasteiger partial charge in [-0.1, -0.05) is 19.1 Å². The van der Waals surface area contributed by atoms with E-state index in [1.54, 1.807) is 0 Å². The topological polar surface area (TPSA) is 46.3 Å². The maximum Gasteiger partial charge on any atom is 0.260 e. The van der Waals surface area contributed by atoms with Gasteiger partial charge >= 0.3 is 0 Å². The lowest BCUT2D eigenvalue weighted by Gasteiger charge is -2.07. The van der Waals surface area contributed by atoms with Crippen molar-refractivity contribution in [3.8, 4) is 0 Å². The fourth-order valence-electron chi connectivity index (χ4n) is 1.58. The highest BCUT2D eigenvalue weighted by atomic mass is 32.2. The number of rotatable bonds is 4. The first-order valence-corrected chi connectivity index (χ1v) is 6.81. The largest absolute Gasteiger partial charge is 0.436 e. The van der Waals surface area contributed by atoms with Gasteiger partial charge in [0.25, 0.3) is 5.22 Å². The summed E-state index contributed by atoms with van der Waals surface area (Å²) in [6.45, 7) is 5.81. The molecule has 18 heavy (non-hydrogen) atoms. The summed E-state index contributed by atoms with van der Waals surface area (Å²) in [6, 6.07) is 7.85. The van der Waals surface area contributed by atoms with E-state index in [2.05, 4.69) is 4.98 Å². The number of nitrogens with zero attached hydrogens (tertiary/aromatic N) is 1. The molecule has 1 atom stereocenters. The monoisotopic (exact) mass is 263 g/mol. The van der Waals surface area contributed by atoms with Gasteiger partial charge in [-0.25, -0.2) is 4.98 Å². The third-order valence-corrected chi connectivity index (χ3v) is 3.72. The Balaban J connectivity index is 2.10. The Hall–Kier alpha value is -1.26. The molecular formula is C14H17NO2S. The molecule has 4 heteroatoms. The number of oxazole rings is 1. The maximum atomic E-state index is 9.71. The molecule has 96 valence electrons. The van der Waals surface area contributed by atoms with Gasteiger partial charge in [0.2, 0.25) is 0 Å². The van der Waals surface area contributed by atoms with Gasteiger partial charge < -0.3 is 9.52 Å². The van der Waals surface area contributed by atoms with E-state index in [9.17, 15) is 5.11 Å². The lowest BCUT2D eigenvalue weighted by molar-refractivity contribution is 0.173. The van der Waals surface area contributed by atoms with E-state index in [0.717, 1.165) is 28.3 Å². The third-order valence-electron chi connectivity index (χ3n) is 2.87. The third kappa shape index (κ3) is 2.94. The number of aliphatic hydroxyl groups is 1. The second-order valence-electron chi connectivity index (χ2n) is 4.22. The zero-order valence-corrected chi connectivity index (χ0v) is 11.6. The minimum atomic E-state index is -0.379. The molecule has 1 unspecified atom stereocenters. The number of hydrogen-bond donors (Lipinski definition) is 1. The van der Waals surface area contributed by atoms with Crippen molar-refractivity contribution in [3.63, 3.8) is 0 Å². The molecule has 0 spiro atoms. The minimum absolute atomic E-state index is 0.379. The van der Waals surface area contributed by atoms with E-state index in [1.807, 2.05) is 45.0 Å². The number of hydrogen-bond acceptors (Lipinski definition) is 4. The second-order valence-corrected chi connectivity index (χ2v) is 5.24. The lowest BCUT2D eigenvalue weighted by Crippen LogP contribution is -1.93. The second kappa shape index (κ2) is 5.59. The summed E-state index contributed by atoms with van der Waals surface area (Å²) in [7, 11) is 0. The molecule has 1 heterocycles. The van der Waals surface area contributed by atoms with Crippen LogP contribution in [0.1, 0.15) is 36.5 Å². The first kappa shape index (κ1) is 13.2. The Morgan fingerprint density at radius 2 is 1.94 bits per heavy atom. The fraction of sp³-hybridized carbons (Fsp3) is 0.357. The molecule has 1 N–H and O–H groups in total. The Kier molecular flexibility index (Phi) is 4.09. The predicted molar refractivity (Wildman–Crippen MR) is 71.8 cm³/mol. The van der Waals surface area contributed by atoms with Crippen LogP contribution < -0.4 is 0 Å². The van der Waals surface area contributed by atoms with E-state index in [4.69, 9.17) is 4.42 Å². The molecule has 0 aliphatic rings. The highest BCUT2D eigenvalue weighted by molar-refractivity contribution is 7.99. The van der Waals surface area contributed by atoms with Crippen molar-refractivity contribution in [2.45, 2.75) is 43.4 Å². The van der Waals surface area contributed by atoms with Gasteiger partial charge in [-0.2, -0.15) is 0 Å². The van der Waals surface area contributed by atoms with Gasteiger partial charge in [0.05, 0.1) is 11.8 Å². The minimum Gasteiger partial charge on any atom is -0.436 e. The van der Waals surface area contributed by atoms with Crippen molar-refractivity contribution in [2.75, 3.05) is 0 Å². The van der Waals surface area contributed by atoms with Crippen LogP contribution in [0.5, 0.6) is 0 Å². The van der Waals surface area contributed by atoms with Crippen LogP contribution in [0.3, 0.4) is 0 Å². The molecule has 0 aliphatic carbocycles. The Morgan fingerprint density at radius 3 is 2.44 bits per heavy atom. The zero-order valence-electron chi connectivity index (χ0n) is 10.8. The summed E-state index contributed by atoms with van der Waals surface area (Å²) in [6.07, 6.45) is 0.347. The van der Waals surface area contributed by atoms with E-state index < -0.39 is 0 Å². The SMILES string of the molecule is CCC(O)c1ccc(Sc2nc(C)c(C)o2)cc1. The average molecular weight is 263 g/mol. The summed E-state index contributed by atoms with van der Waals surface area (Å²) in [5.41, 5.74) is 1.87. The van der Waals surface area contributed by atoms with E-state index in [-0.39, 0.29) is 6.10 Å². The van der Waals surface area contributed by atoms with Crippen LogP contribution in [0.4, 0.5) is 0 Å². The van der Waals surface area contributed by atoms with E-state index in [0.29, 0.717) is 5.22 Å². The molecule has 0 saturated heterocycles. The maximum absolute atomic E-state index is 9.71. The molecular weight excluding hydrogens is 246 g/mol. The lowest BCUT2D eigenvalue weighted by atomic mass is 10.1. The van der Waals surface area contributed by atoms with Gasteiger partial charge in [0, 0.05) is 4.90 Å². The Labute approximate surface area is 111 Å². The normalized spacial score (nSPS) is 12.7. The molecule has 0 radical (unpaired) electrons. The molecule has 2 rings (SSSR count). The molecule has 0 saturated carbocycles. The van der Waals surface area contributed by atoms with Gasteiger partial charge in [0.1, 0.15) is 5.76 Å². The van der Waals surface area contributed by atoms with E-state index in [1.165, 1.54) is 11.8 Å². The fourth-order valence-corrected chi connectivity index (χ4v) is 2.40. The van der Waals surface area contributed by atoms with Crippen LogP contribution in [0.15, 0.2) is 38.8 Å². The summed E-state index contributed by atoms with van der Waals surface area (Å²) in [5, 5.41) is 10.4. The van der Waals surface area contributed by atoms with Crippen molar-refractivity contribution in [2.24, 2.45) is 0 Å². The quantitative estimate of drug-likeness (QED) is 0.909. The van der Waals surface area contributed by atoms with Gasteiger partial charge in [0.15, 0.2) is 0 Å². The first-order chi connectivity index (χ1) is 8.60. The molecule has 1 aromatic heterocycles. The average Bonchev–Trinajstić information content (AvgIpc) is 2.68. The molecule has 3 nitrogen and oxygen atoms in total. The van der Waals surface area contributed by atoms with Crippen molar-refractivity contribution in [3.05, 3.63) is 41.3 Å². The standard InChI is InChI=1S/C14H17NO2S/c1-4-13(16)11-5-7-12(8-6-11)18-14-15-9(2)10(3)17-14/h5-8,13,16H,4H2,1-3H3. The highest BCUT2D eigenvalue weighted by Crippen LogP contribution is 2.29. The summed E-state index contributed by atoms with van der Waals surface area (Å²) in [4.78, 5) is 5.38. The summed E-state index contributed by atoms with van der Waals surface area (Å²) in [5.74, 6) is 0.857. The predicted octanol–water partition coefficient (Wildman–Crippen LogP) is 3.89. The molecule has 0 aliphatic heterocycles. The molecule has 0 fully saturated rings. The van der Waals surface area contributed by atoms with Crippen molar-refractivity contribution < 1.29 is 9.52 Å². The first-order valence-electron chi connectivity index (χ1n) is 6.00. The van der Waals surface area contributed by atoms with Crippen molar-refractivity contribution in [1.82, 2.24) is 4.98 Å². The zero-order chi connectivity index (χ0) is 13.1. The van der Waals surface area contributed by atoms with Gasteiger partial charge in [-0.05, 0) is 49.7 Å². The Bertz CT molecular complexity index is 500. The van der Waals surface area contributed by atoms with Crippen LogP contribution in [-0.4, -0.2) is 10.1 Å². The summed E-state index contributed by atoms with van der Waals surface area (Å²) >= 11 is 1.49. The molecule has 0 bridgehead atoms. The van der Waals surface area contributed by atoms with Crippen LogP contribution in [0.2, 0.25) is 0 Å². The Morgan fingerprint density at radius 1 is 1.28 bits per heavy atom. The van der Waals surface area contributed by atoms with Gasteiger partial charge in [-0.15, -0.1) is 0 Å². The number of benzene rings is 1. The molecule has 2 aromatic rings. The summed E-state index contributed by atoms with van der Waals surface area (Å²) < 4.78 is 5.52. The highest BCUT2D eigenvalue weighted by Gasteiger charge is 2.08. The molecule has 1 aromatic carbocycles. The van der Waals surface area contributed by atoms with Crippen LogP contribution in [0.25, 0.3) is 0 Å². The van der Waals surface area contributed by atoms with Crippen molar-refractivity contribution >= 4 is 11.8 Å². The smallest absolute Gasteiger partial charge is 0.260 e. The number of aromatic nitrogens is 1. The number of aliphatic hydroxyl groups excluding tert-OH is 1. The van der Waals surface area contributed by atoms with Gasteiger partial charge in [-0.3, -0.25) is 0 Å². The number of aryl methyl sites for hydroxylation is 2. The van der Waals surface area contributed by atoms with E-state index >= 15 is 0 Å².